The highest BCUT2D eigenvalue weighted by atomic mass is 16.7. The van der Waals surface area contributed by atoms with E-state index in [1.54, 1.807) is 0 Å². The molecule has 1 aliphatic heterocycles. The topological polar surface area (TPSA) is 149 Å². The molecule has 5 fully saturated rings. The van der Waals surface area contributed by atoms with E-state index in [4.69, 9.17) is 4.74 Å². The minimum absolute atomic E-state index is 0.188. The third-order valence-corrected chi connectivity index (χ3v) is 7.52. The van der Waals surface area contributed by atoms with Gasteiger partial charge in [-0.3, -0.25) is 0 Å². The third kappa shape index (κ3) is 3.82. The summed E-state index contributed by atoms with van der Waals surface area (Å²) in [4.78, 5) is 12.0. The minimum Gasteiger partial charge on any atom is -0.465 e. The van der Waals surface area contributed by atoms with E-state index >= 15 is 0 Å². The van der Waals surface area contributed by atoms with Crippen molar-refractivity contribution in [3.63, 3.8) is 0 Å². The molecule has 4 bridgehead atoms. The summed E-state index contributed by atoms with van der Waals surface area (Å²) in [5.74, 6) is -1.58. The Morgan fingerprint density at radius 3 is 2.17 bits per heavy atom. The number of nitrogens with one attached hydrogen (secondary N) is 1. The molecule has 29 heavy (non-hydrogen) atoms. The summed E-state index contributed by atoms with van der Waals surface area (Å²) in [6.07, 6.45) is 0.557. The molecular formula is C20H33NO8. The summed E-state index contributed by atoms with van der Waals surface area (Å²) in [6, 6.07) is -0.813. The average molecular weight is 415 g/mol. The van der Waals surface area contributed by atoms with Gasteiger partial charge in [0, 0.05) is 12.0 Å². The molecule has 5 rings (SSSR count). The number of rotatable bonds is 6. The highest BCUT2D eigenvalue weighted by Gasteiger charge is 2.58. The predicted octanol–water partition coefficient (Wildman–Crippen LogP) is -1.36. The van der Waals surface area contributed by atoms with Gasteiger partial charge < -0.3 is 40.3 Å². The molecule has 0 amide bonds. The van der Waals surface area contributed by atoms with Crippen LogP contribution in [0.3, 0.4) is 0 Å². The number of carbonyl (C=O) groups excluding carboxylic acids is 1. The Kier molecular flexibility index (Phi) is 5.69. The maximum absolute atomic E-state index is 12.0. The first-order valence-corrected chi connectivity index (χ1v) is 10.6. The van der Waals surface area contributed by atoms with Gasteiger partial charge in [0.2, 0.25) is 0 Å². The predicted molar refractivity (Wildman–Crippen MR) is 99.4 cm³/mol. The van der Waals surface area contributed by atoms with E-state index in [0.717, 1.165) is 26.4 Å². The summed E-state index contributed by atoms with van der Waals surface area (Å²) in [6.45, 7) is -0.724. The van der Waals surface area contributed by atoms with Crippen LogP contribution in [-0.4, -0.2) is 87.0 Å². The van der Waals surface area contributed by atoms with E-state index in [0.29, 0.717) is 17.8 Å². The van der Waals surface area contributed by atoms with Gasteiger partial charge >= 0.3 is 5.97 Å². The fraction of sp³-hybridized carbons (Fsp3) is 0.950. The number of ether oxygens (including phenoxy) is 2. The van der Waals surface area contributed by atoms with Crippen molar-refractivity contribution in [1.29, 1.82) is 0 Å². The second-order valence-electron chi connectivity index (χ2n) is 9.74. The normalized spacial score (nSPS) is 48.3. The van der Waals surface area contributed by atoms with Gasteiger partial charge in [-0.1, -0.05) is 0 Å². The Balaban J connectivity index is 1.59. The number of hydrogen-bond acceptors (Lipinski definition) is 9. The van der Waals surface area contributed by atoms with Gasteiger partial charge in [-0.15, -0.1) is 0 Å². The molecule has 0 spiro atoms. The first kappa shape index (κ1) is 21.4. The van der Waals surface area contributed by atoms with Crippen molar-refractivity contribution in [2.45, 2.75) is 86.7 Å². The van der Waals surface area contributed by atoms with Crippen LogP contribution in [0.2, 0.25) is 0 Å². The zero-order valence-corrected chi connectivity index (χ0v) is 16.7. The lowest BCUT2D eigenvalue weighted by atomic mass is 9.52. The Morgan fingerprint density at radius 1 is 1.14 bits per heavy atom. The molecule has 0 aromatic rings. The monoisotopic (exact) mass is 415 g/mol. The molecule has 4 saturated carbocycles. The molecule has 1 heterocycles. The van der Waals surface area contributed by atoms with Crippen LogP contribution in [0.4, 0.5) is 0 Å². The van der Waals surface area contributed by atoms with Crippen LogP contribution in [0.1, 0.15) is 44.9 Å². The molecular weight excluding hydrogens is 382 g/mol. The summed E-state index contributed by atoms with van der Waals surface area (Å²) < 4.78 is 10.1. The van der Waals surface area contributed by atoms with Crippen molar-refractivity contribution in [3.05, 3.63) is 0 Å². The Morgan fingerprint density at radius 2 is 1.69 bits per heavy atom. The molecule has 0 aromatic carbocycles. The van der Waals surface area contributed by atoms with E-state index in [1.807, 2.05) is 0 Å². The first-order valence-electron chi connectivity index (χ1n) is 10.6. The highest BCUT2D eigenvalue weighted by molar-refractivity contribution is 5.77. The number of methoxy groups -OCH3 is 1. The number of aliphatic hydroxyl groups is 5. The fourth-order valence-electron chi connectivity index (χ4n) is 6.70. The lowest BCUT2D eigenvalue weighted by Crippen LogP contribution is -2.71. The van der Waals surface area contributed by atoms with Gasteiger partial charge in [-0.25, -0.2) is 4.79 Å². The molecule has 9 nitrogen and oxygen atoms in total. The lowest BCUT2D eigenvalue weighted by molar-refractivity contribution is -0.299. The SMILES string of the molecule is COC(=O)C1(O)C[C@H](O)[C@@H](NC23CC4CC(CC(C4)C2)C3)C([C@H](O)[C@H](O)CO)O1. The highest BCUT2D eigenvalue weighted by Crippen LogP contribution is 2.56. The molecule has 166 valence electrons. The molecule has 2 unspecified atom stereocenters. The summed E-state index contributed by atoms with van der Waals surface area (Å²) in [5, 5.41) is 54.8. The molecule has 0 aromatic heterocycles. The van der Waals surface area contributed by atoms with Gasteiger partial charge in [0.1, 0.15) is 18.3 Å². The minimum atomic E-state index is -2.44. The van der Waals surface area contributed by atoms with Crippen LogP contribution >= 0.6 is 0 Å². The van der Waals surface area contributed by atoms with Crippen molar-refractivity contribution >= 4 is 5.97 Å². The van der Waals surface area contributed by atoms with Crippen LogP contribution in [-0.2, 0) is 14.3 Å². The largest absolute Gasteiger partial charge is 0.465 e. The molecule has 6 N–H and O–H groups in total. The molecule has 4 aliphatic carbocycles. The molecule has 1 saturated heterocycles. The fourth-order valence-corrected chi connectivity index (χ4v) is 6.70. The third-order valence-electron chi connectivity index (χ3n) is 7.52. The van der Waals surface area contributed by atoms with E-state index < -0.39 is 55.2 Å². The van der Waals surface area contributed by atoms with Crippen molar-refractivity contribution < 1.29 is 39.8 Å². The van der Waals surface area contributed by atoms with Crippen LogP contribution in [0, 0.1) is 17.8 Å². The van der Waals surface area contributed by atoms with E-state index in [2.05, 4.69) is 10.1 Å². The van der Waals surface area contributed by atoms with E-state index in [9.17, 15) is 30.3 Å². The van der Waals surface area contributed by atoms with Crippen LogP contribution < -0.4 is 5.32 Å². The molecule has 6 atom stereocenters. The van der Waals surface area contributed by atoms with Crippen molar-refractivity contribution in [2.75, 3.05) is 13.7 Å². The Hall–Kier alpha value is -0.810. The van der Waals surface area contributed by atoms with Crippen LogP contribution in [0.5, 0.6) is 0 Å². The summed E-state index contributed by atoms with van der Waals surface area (Å²) >= 11 is 0. The van der Waals surface area contributed by atoms with E-state index in [1.165, 1.54) is 19.3 Å². The second kappa shape index (κ2) is 7.71. The summed E-state index contributed by atoms with van der Waals surface area (Å²) in [5.41, 5.74) is -0.188. The van der Waals surface area contributed by atoms with Gasteiger partial charge in [0.05, 0.1) is 25.9 Å². The zero-order chi connectivity index (χ0) is 21.0. The summed E-state index contributed by atoms with van der Waals surface area (Å²) in [7, 11) is 1.09. The maximum atomic E-state index is 12.0. The molecule has 0 radical (unpaired) electrons. The second-order valence-corrected chi connectivity index (χ2v) is 9.74. The van der Waals surface area contributed by atoms with Gasteiger partial charge in [-0.2, -0.15) is 0 Å². The number of hydrogen-bond donors (Lipinski definition) is 6. The number of carbonyl (C=O) groups is 1. The van der Waals surface area contributed by atoms with E-state index in [-0.39, 0.29) is 5.54 Å². The Labute approximate surface area is 170 Å². The Bertz CT molecular complexity index is 594. The molecule has 5 aliphatic rings. The van der Waals surface area contributed by atoms with Crippen molar-refractivity contribution in [2.24, 2.45) is 17.8 Å². The zero-order valence-electron chi connectivity index (χ0n) is 16.7. The van der Waals surface area contributed by atoms with Crippen molar-refractivity contribution in [1.82, 2.24) is 5.32 Å². The number of aliphatic hydroxyl groups excluding tert-OH is 4. The smallest absolute Gasteiger partial charge is 0.366 e. The van der Waals surface area contributed by atoms with Crippen molar-refractivity contribution in [3.8, 4) is 0 Å². The standard InChI is InChI=1S/C20H33NO8/c1-28-18(26)20(27)8-13(23)15(17(29-20)16(25)14(24)9-22)21-19-5-10-2-11(6-19)4-12(3-10)7-19/h10-17,21-25,27H,2-9H2,1H3/t10?,11?,12?,13-,14+,15+,16+,17?,19?,20?/m0/s1. The van der Waals surface area contributed by atoms with Crippen LogP contribution in [0.25, 0.3) is 0 Å². The van der Waals surface area contributed by atoms with Crippen LogP contribution in [0.15, 0.2) is 0 Å². The van der Waals surface area contributed by atoms with Gasteiger partial charge in [-0.05, 0) is 56.3 Å². The first-order chi connectivity index (χ1) is 13.7. The number of esters is 1. The molecule has 9 heteroatoms. The maximum Gasteiger partial charge on any atom is 0.366 e. The average Bonchev–Trinajstić information content (AvgIpc) is 2.67. The van der Waals surface area contributed by atoms with Gasteiger partial charge in [0.15, 0.2) is 0 Å². The van der Waals surface area contributed by atoms with Gasteiger partial charge in [0.25, 0.3) is 5.79 Å². The quantitative estimate of drug-likeness (QED) is 0.289. The lowest BCUT2D eigenvalue weighted by Gasteiger charge is -2.59.